The van der Waals surface area contributed by atoms with E-state index in [1.165, 1.54) is 24.8 Å². The fourth-order valence-electron chi connectivity index (χ4n) is 2.98. The van der Waals surface area contributed by atoms with Gasteiger partial charge in [-0.15, -0.1) is 0 Å². The van der Waals surface area contributed by atoms with Gasteiger partial charge in [0.05, 0.1) is 5.56 Å². The molecule has 2 aromatic rings. The predicted octanol–water partition coefficient (Wildman–Crippen LogP) is 4.02. The van der Waals surface area contributed by atoms with E-state index in [-0.39, 0.29) is 0 Å². The Morgan fingerprint density at radius 1 is 1.09 bits per heavy atom. The third-order valence-electron chi connectivity index (χ3n) is 4.51. The van der Waals surface area contributed by atoms with Crippen molar-refractivity contribution in [1.82, 2.24) is 5.32 Å². The van der Waals surface area contributed by atoms with Gasteiger partial charge in [-0.25, -0.2) is 4.79 Å². The quantitative estimate of drug-likeness (QED) is 0.846. The van der Waals surface area contributed by atoms with Crippen molar-refractivity contribution in [3.8, 4) is 0 Å². The molecule has 114 valence electrons. The average Bonchev–Trinajstić information content (AvgIpc) is 2.50. The summed E-state index contributed by atoms with van der Waals surface area (Å²) in [5.74, 6) is -0.170. The standard InChI is InChI=1S/C19H21NO2/c21-19(22)17-11-9-14(10-12-17)13-20-18(16-7-4-8-16)15-5-2-1-3-6-15/h1-3,5-6,9-12,16,18,20H,4,7-8,13H2,(H,21,22). The summed E-state index contributed by atoms with van der Waals surface area (Å²) in [6, 6.07) is 18.1. The van der Waals surface area contributed by atoms with E-state index in [2.05, 4.69) is 29.6 Å². The summed E-state index contributed by atoms with van der Waals surface area (Å²) in [7, 11) is 0. The molecule has 0 bridgehead atoms. The molecule has 0 saturated heterocycles. The molecule has 1 fully saturated rings. The largest absolute Gasteiger partial charge is 0.478 e. The Morgan fingerprint density at radius 3 is 2.32 bits per heavy atom. The van der Waals surface area contributed by atoms with E-state index in [0.717, 1.165) is 12.1 Å². The fourth-order valence-corrected chi connectivity index (χ4v) is 2.98. The maximum atomic E-state index is 10.9. The number of rotatable bonds is 6. The van der Waals surface area contributed by atoms with Gasteiger partial charge in [-0.05, 0) is 42.0 Å². The lowest BCUT2D eigenvalue weighted by Crippen LogP contribution is -2.31. The molecule has 1 atom stereocenters. The second-order valence-electron chi connectivity index (χ2n) is 5.96. The highest BCUT2D eigenvalue weighted by Crippen LogP contribution is 2.37. The molecular weight excluding hydrogens is 274 g/mol. The monoisotopic (exact) mass is 295 g/mol. The maximum Gasteiger partial charge on any atom is 0.335 e. The van der Waals surface area contributed by atoms with Crippen LogP contribution in [0.5, 0.6) is 0 Å². The Hall–Kier alpha value is -2.13. The molecular formula is C19H21NO2. The molecule has 1 aliphatic rings. The van der Waals surface area contributed by atoms with Gasteiger partial charge in [0.25, 0.3) is 0 Å². The Morgan fingerprint density at radius 2 is 1.77 bits per heavy atom. The number of aromatic carboxylic acids is 1. The fraction of sp³-hybridized carbons (Fsp3) is 0.316. The van der Waals surface area contributed by atoms with Crippen molar-refractivity contribution in [3.63, 3.8) is 0 Å². The van der Waals surface area contributed by atoms with Gasteiger partial charge in [0, 0.05) is 12.6 Å². The molecule has 3 rings (SSSR count). The first kappa shape index (κ1) is 14.8. The van der Waals surface area contributed by atoms with Crippen LogP contribution >= 0.6 is 0 Å². The molecule has 0 aromatic heterocycles. The van der Waals surface area contributed by atoms with Crippen LogP contribution in [0.3, 0.4) is 0 Å². The Labute approximate surface area is 131 Å². The highest BCUT2D eigenvalue weighted by molar-refractivity contribution is 5.87. The van der Waals surface area contributed by atoms with E-state index < -0.39 is 5.97 Å². The van der Waals surface area contributed by atoms with Crippen molar-refractivity contribution in [1.29, 1.82) is 0 Å². The van der Waals surface area contributed by atoms with E-state index in [1.807, 2.05) is 18.2 Å². The van der Waals surface area contributed by atoms with Crippen LogP contribution in [0.25, 0.3) is 0 Å². The van der Waals surface area contributed by atoms with E-state index in [1.54, 1.807) is 12.1 Å². The van der Waals surface area contributed by atoms with Crippen molar-refractivity contribution >= 4 is 5.97 Å². The zero-order valence-corrected chi connectivity index (χ0v) is 12.5. The molecule has 3 nitrogen and oxygen atoms in total. The summed E-state index contributed by atoms with van der Waals surface area (Å²) in [6.45, 7) is 0.760. The van der Waals surface area contributed by atoms with E-state index >= 15 is 0 Å². The van der Waals surface area contributed by atoms with Crippen molar-refractivity contribution < 1.29 is 9.90 Å². The van der Waals surface area contributed by atoms with Crippen LogP contribution in [0.2, 0.25) is 0 Å². The summed E-state index contributed by atoms with van der Waals surface area (Å²) >= 11 is 0. The number of benzene rings is 2. The first-order valence-corrected chi connectivity index (χ1v) is 7.84. The molecule has 1 aliphatic carbocycles. The van der Waals surface area contributed by atoms with Gasteiger partial charge in [-0.2, -0.15) is 0 Å². The number of hydrogen-bond acceptors (Lipinski definition) is 2. The summed E-state index contributed by atoms with van der Waals surface area (Å²) < 4.78 is 0. The van der Waals surface area contributed by atoms with E-state index in [0.29, 0.717) is 17.5 Å². The van der Waals surface area contributed by atoms with Crippen molar-refractivity contribution in [2.45, 2.75) is 31.8 Å². The molecule has 0 amide bonds. The van der Waals surface area contributed by atoms with Gasteiger partial charge < -0.3 is 10.4 Å². The second kappa shape index (κ2) is 6.75. The van der Waals surface area contributed by atoms with Crippen LogP contribution in [0, 0.1) is 5.92 Å². The molecule has 1 saturated carbocycles. The lowest BCUT2D eigenvalue weighted by atomic mass is 9.77. The minimum Gasteiger partial charge on any atom is -0.478 e. The highest BCUT2D eigenvalue weighted by Gasteiger charge is 2.27. The summed E-state index contributed by atoms with van der Waals surface area (Å²) in [5.41, 5.74) is 2.79. The minimum atomic E-state index is -0.879. The lowest BCUT2D eigenvalue weighted by molar-refractivity contribution is 0.0697. The molecule has 2 N–H and O–H groups in total. The van der Waals surface area contributed by atoms with Crippen LogP contribution < -0.4 is 5.32 Å². The number of carboxylic acids is 1. The zero-order valence-electron chi connectivity index (χ0n) is 12.5. The van der Waals surface area contributed by atoms with Crippen LogP contribution in [0.15, 0.2) is 54.6 Å². The summed E-state index contributed by atoms with van der Waals surface area (Å²) in [6.07, 6.45) is 3.89. The summed E-state index contributed by atoms with van der Waals surface area (Å²) in [5, 5.41) is 12.6. The van der Waals surface area contributed by atoms with Crippen LogP contribution in [-0.4, -0.2) is 11.1 Å². The molecule has 1 unspecified atom stereocenters. The van der Waals surface area contributed by atoms with Gasteiger partial charge in [-0.1, -0.05) is 48.9 Å². The van der Waals surface area contributed by atoms with E-state index in [4.69, 9.17) is 5.11 Å². The molecule has 0 aliphatic heterocycles. The normalized spacial score (nSPS) is 16.0. The van der Waals surface area contributed by atoms with Crippen molar-refractivity contribution in [2.24, 2.45) is 5.92 Å². The third kappa shape index (κ3) is 3.37. The number of nitrogens with one attached hydrogen (secondary N) is 1. The Balaban J connectivity index is 1.67. The van der Waals surface area contributed by atoms with Gasteiger partial charge >= 0.3 is 5.97 Å². The van der Waals surface area contributed by atoms with Gasteiger partial charge in [0.15, 0.2) is 0 Å². The molecule has 2 aromatic carbocycles. The highest BCUT2D eigenvalue weighted by atomic mass is 16.4. The third-order valence-corrected chi connectivity index (χ3v) is 4.51. The Kier molecular flexibility index (Phi) is 4.54. The summed E-state index contributed by atoms with van der Waals surface area (Å²) in [4.78, 5) is 10.9. The first-order valence-electron chi connectivity index (χ1n) is 7.84. The first-order chi connectivity index (χ1) is 10.7. The lowest BCUT2D eigenvalue weighted by Gasteiger charge is -2.35. The predicted molar refractivity (Wildman–Crippen MR) is 86.8 cm³/mol. The molecule has 0 spiro atoms. The molecule has 0 radical (unpaired) electrons. The second-order valence-corrected chi connectivity index (χ2v) is 5.96. The maximum absolute atomic E-state index is 10.9. The molecule has 22 heavy (non-hydrogen) atoms. The van der Waals surface area contributed by atoms with Crippen molar-refractivity contribution in [3.05, 3.63) is 71.3 Å². The van der Waals surface area contributed by atoms with Gasteiger partial charge in [-0.3, -0.25) is 0 Å². The molecule has 0 heterocycles. The van der Waals surface area contributed by atoms with Crippen molar-refractivity contribution in [2.75, 3.05) is 0 Å². The van der Waals surface area contributed by atoms with Gasteiger partial charge in [0.2, 0.25) is 0 Å². The van der Waals surface area contributed by atoms with E-state index in [9.17, 15) is 4.79 Å². The number of carbonyl (C=O) groups is 1. The smallest absolute Gasteiger partial charge is 0.335 e. The topological polar surface area (TPSA) is 49.3 Å². The van der Waals surface area contributed by atoms with Crippen LogP contribution in [-0.2, 0) is 6.54 Å². The number of carboxylic acid groups (broad SMARTS) is 1. The van der Waals surface area contributed by atoms with Crippen LogP contribution in [0.4, 0.5) is 0 Å². The molecule has 3 heteroatoms. The Bertz CT molecular complexity index is 618. The average molecular weight is 295 g/mol. The van der Waals surface area contributed by atoms with Crippen LogP contribution in [0.1, 0.15) is 46.8 Å². The number of hydrogen-bond donors (Lipinski definition) is 2. The minimum absolute atomic E-state index is 0.336. The zero-order chi connectivity index (χ0) is 15.4. The SMILES string of the molecule is O=C(O)c1ccc(CNC(c2ccccc2)C2CCC2)cc1. The van der Waals surface area contributed by atoms with Gasteiger partial charge in [0.1, 0.15) is 0 Å².